The van der Waals surface area contributed by atoms with E-state index in [-0.39, 0.29) is 12.4 Å². The summed E-state index contributed by atoms with van der Waals surface area (Å²) in [5, 5.41) is 0. The molecular weight excluding hydrogens is 204 g/mol. The maximum atomic E-state index is 9.25. The average Bonchev–Trinajstić information content (AvgIpc) is 1.69. The van der Waals surface area contributed by atoms with Crippen LogP contribution in [0, 0.1) is 0 Å². The second-order valence-corrected chi connectivity index (χ2v) is 2.29. The monoisotopic (exact) mass is 210 g/mol. The van der Waals surface area contributed by atoms with E-state index < -0.39 is 8.18 Å². The van der Waals surface area contributed by atoms with E-state index in [2.05, 4.69) is 16.6 Å². The molecule has 1 atom stereocenters. The Bertz CT molecular complexity index is 83.0. The first kappa shape index (κ1) is 16.3. The molecule has 56 valence electrons. The van der Waals surface area contributed by atoms with Crippen LogP contribution in [-0.2, 0) is 17.0 Å². The van der Waals surface area contributed by atoms with Crippen molar-refractivity contribution in [3.8, 4) is 0 Å². The molecule has 0 aromatic heterocycles. The number of nitrogens with zero attached hydrogens (tertiary/aromatic N) is 1. The lowest BCUT2D eigenvalue weighted by Gasteiger charge is -1.45. The van der Waals surface area contributed by atoms with Crippen LogP contribution in [0.1, 0.15) is 6.92 Å². The smallest absolute Gasteiger partial charge is 0.147 e. The highest BCUT2D eigenvalue weighted by Gasteiger charge is 2.00. The molecule has 7 heteroatoms. The summed E-state index contributed by atoms with van der Waals surface area (Å²) in [5.74, 6) is 0.722. The van der Waals surface area contributed by atoms with Gasteiger partial charge in [-0.1, -0.05) is 6.92 Å². The van der Waals surface area contributed by atoms with Crippen molar-refractivity contribution in [2.45, 2.75) is 6.92 Å². The van der Waals surface area contributed by atoms with Crippen LogP contribution in [-0.4, -0.2) is 10.8 Å². The van der Waals surface area contributed by atoms with Crippen LogP contribution in [0.3, 0.4) is 0 Å². The molecule has 0 aliphatic heterocycles. The molecular formula is C2H7Cl2NO2PS+. The summed E-state index contributed by atoms with van der Waals surface area (Å²) < 4.78 is 11.8. The summed E-state index contributed by atoms with van der Waals surface area (Å²) in [6, 6.07) is 0. The topological polar surface area (TPSA) is 49.7 Å². The Labute approximate surface area is 71.3 Å². The highest BCUT2D eigenvalue weighted by atomic mass is 35.5. The summed E-state index contributed by atoms with van der Waals surface area (Å²) in [6.45, 7) is 1.89. The maximum absolute atomic E-state index is 9.25. The molecule has 0 saturated carbocycles. The largest absolute Gasteiger partial charge is 0.679 e. The third kappa shape index (κ3) is 54.3. The molecule has 0 amide bonds. The van der Waals surface area contributed by atoms with Crippen LogP contribution in [0.5, 0.6) is 0 Å². The summed E-state index contributed by atoms with van der Waals surface area (Å²) in [4.78, 5) is 7.60. The van der Waals surface area contributed by atoms with Crippen molar-refractivity contribution >= 4 is 44.6 Å². The third-order valence-corrected chi connectivity index (χ3v) is 0.629. The van der Waals surface area contributed by atoms with Crippen molar-refractivity contribution in [1.29, 1.82) is 0 Å². The molecule has 3 nitrogen and oxygen atoms in total. The number of hydrogen-bond acceptors (Lipinski definition) is 2. The molecule has 0 rings (SSSR count). The first-order valence-corrected chi connectivity index (χ1v) is 3.80. The van der Waals surface area contributed by atoms with Gasteiger partial charge in [0.2, 0.25) is 0 Å². The van der Waals surface area contributed by atoms with Gasteiger partial charge >= 0.3 is 8.18 Å². The average molecular weight is 211 g/mol. The predicted octanol–water partition coefficient (Wildman–Crippen LogP) is 2.03. The van der Waals surface area contributed by atoms with Crippen LogP contribution >= 0.6 is 32.2 Å². The van der Waals surface area contributed by atoms with Crippen LogP contribution in [0.2, 0.25) is 0 Å². The Morgan fingerprint density at radius 2 is 2.00 bits per heavy atom. The van der Waals surface area contributed by atoms with E-state index in [4.69, 9.17) is 16.5 Å². The maximum Gasteiger partial charge on any atom is 0.679 e. The van der Waals surface area contributed by atoms with Gasteiger partial charge in [0.25, 0.3) is 0 Å². The minimum absolute atomic E-state index is 0. The van der Waals surface area contributed by atoms with Gasteiger partial charge in [-0.15, -0.1) is 28.9 Å². The minimum Gasteiger partial charge on any atom is -0.147 e. The van der Waals surface area contributed by atoms with Crippen molar-refractivity contribution in [2.24, 2.45) is 4.13 Å². The highest BCUT2D eigenvalue weighted by Crippen LogP contribution is 2.10. The molecule has 0 aliphatic rings. The Balaban J connectivity index is -0.0000000800. The van der Waals surface area contributed by atoms with E-state index in [0.717, 1.165) is 5.88 Å². The Morgan fingerprint density at radius 3 is 2.00 bits per heavy atom. The molecule has 0 spiro atoms. The van der Waals surface area contributed by atoms with Gasteiger partial charge in [-0.25, -0.2) is 0 Å². The zero-order valence-corrected chi connectivity index (χ0v) is 7.93. The van der Waals surface area contributed by atoms with E-state index in [9.17, 15) is 4.57 Å². The van der Waals surface area contributed by atoms with Gasteiger partial charge in [-0.2, -0.15) is 0 Å². The van der Waals surface area contributed by atoms with Gasteiger partial charge in [0.05, 0.1) is 16.6 Å². The van der Waals surface area contributed by atoms with E-state index in [0.29, 0.717) is 0 Å². The fourth-order valence-electron chi connectivity index (χ4n) is 0. The van der Waals surface area contributed by atoms with E-state index in [1.807, 2.05) is 6.92 Å². The van der Waals surface area contributed by atoms with Gasteiger partial charge in [0, 0.05) is 10.4 Å². The number of hydrogen-bond donors (Lipinski definition) is 1. The summed E-state index contributed by atoms with van der Waals surface area (Å²) >= 11 is 8.77. The van der Waals surface area contributed by atoms with Crippen LogP contribution in [0.4, 0.5) is 0 Å². The lowest BCUT2D eigenvalue weighted by molar-refractivity contribution is 0.506. The van der Waals surface area contributed by atoms with Gasteiger partial charge < -0.3 is 0 Å². The molecule has 1 N–H and O–H groups in total. The Morgan fingerprint density at radius 1 is 1.89 bits per heavy atom. The van der Waals surface area contributed by atoms with Gasteiger partial charge in [0.15, 0.2) is 0 Å². The number of alkyl halides is 1. The van der Waals surface area contributed by atoms with Crippen LogP contribution in [0.25, 0.3) is 0 Å². The summed E-state index contributed by atoms with van der Waals surface area (Å²) in [7, 11) is -2.41. The first-order valence-electron chi connectivity index (χ1n) is 1.74. The fraction of sp³-hybridized carbons (Fsp3) is 1.00. The van der Waals surface area contributed by atoms with Crippen molar-refractivity contribution in [1.82, 2.24) is 0 Å². The predicted molar refractivity (Wildman–Crippen MR) is 43.3 cm³/mol. The van der Waals surface area contributed by atoms with Gasteiger partial charge in [0.1, 0.15) is 0 Å². The SMILES string of the molecule is CCCl.Cl.O=[P+](O)N=S. The van der Waals surface area contributed by atoms with E-state index in [1.165, 1.54) is 0 Å². The minimum atomic E-state index is -2.41. The second kappa shape index (κ2) is 15.9. The van der Waals surface area contributed by atoms with Crippen molar-refractivity contribution < 1.29 is 9.46 Å². The molecule has 0 bridgehead atoms. The summed E-state index contributed by atoms with van der Waals surface area (Å²) in [5.41, 5.74) is 0. The molecule has 9 heavy (non-hydrogen) atoms. The van der Waals surface area contributed by atoms with Gasteiger partial charge in [-0.05, 0) is 0 Å². The van der Waals surface area contributed by atoms with Crippen molar-refractivity contribution in [3.63, 3.8) is 0 Å². The molecule has 0 saturated heterocycles. The number of rotatable bonds is 1. The zero-order valence-electron chi connectivity index (χ0n) is 4.65. The molecule has 0 aromatic rings. The quantitative estimate of drug-likeness (QED) is 0.533. The molecule has 0 fully saturated rings. The molecule has 0 aromatic carbocycles. The van der Waals surface area contributed by atoms with Crippen LogP contribution in [0.15, 0.2) is 4.13 Å². The molecule has 0 radical (unpaired) electrons. The summed E-state index contributed by atoms with van der Waals surface area (Å²) in [6.07, 6.45) is 0. The highest BCUT2D eigenvalue weighted by molar-refractivity contribution is 7.55. The second-order valence-electron chi connectivity index (χ2n) is 0.602. The first-order chi connectivity index (χ1) is 3.68. The lowest BCUT2D eigenvalue weighted by atomic mass is 11.0. The standard InChI is InChI=1S/C2H5Cl.ClH.NO2PS/c1-2-3;;2-4(3)1-5/h2H2,1H3;1H;/p+1. The van der Waals surface area contributed by atoms with Crippen molar-refractivity contribution in [3.05, 3.63) is 0 Å². The number of halogens is 2. The zero-order chi connectivity index (χ0) is 6.99. The van der Waals surface area contributed by atoms with Gasteiger partial charge in [-0.3, -0.25) is 0 Å². The van der Waals surface area contributed by atoms with E-state index >= 15 is 0 Å². The van der Waals surface area contributed by atoms with Crippen molar-refractivity contribution in [2.75, 3.05) is 5.88 Å². The third-order valence-electron chi connectivity index (χ3n) is 0.0698. The molecule has 0 heterocycles. The normalized spacial score (nSPS) is 7.67. The van der Waals surface area contributed by atoms with E-state index in [1.54, 1.807) is 0 Å². The molecule has 0 aliphatic carbocycles. The van der Waals surface area contributed by atoms with Crippen LogP contribution < -0.4 is 0 Å². The Kier molecular flexibility index (Phi) is 28.8. The lowest BCUT2D eigenvalue weighted by Crippen LogP contribution is -1.36. The fourth-order valence-corrected chi connectivity index (χ4v) is 0. The Hall–Kier alpha value is 0.660. The molecule has 1 unspecified atom stereocenters.